The van der Waals surface area contributed by atoms with Gasteiger partial charge in [-0.1, -0.05) is 38.1 Å². The van der Waals surface area contributed by atoms with Crippen molar-refractivity contribution in [3.8, 4) is 0 Å². The van der Waals surface area contributed by atoms with Crippen LogP contribution in [0.15, 0.2) is 24.3 Å². The minimum absolute atomic E-state index is 0.126. The molecule has 0 radical (unpaired) electrons. The Hall–Kier alpha value is -1.39. The lowest BCUT2D eigenvalue weighted by atomic mass is 9.71. The molecule has 1 saturated carbocycles. The first-order valence-electron chi connectivity index (χ1n) is 11.4. The molecule has 0 N–H and O–H groups in total. The standard InChI is InChI=1S/C24H37N3O/c1-19(2)24(28)27-13-11-26(12-14-27)18-21-15-23(16-21)22-7-5-20(6-8-22)17-25-9-3-4-10-25/h5-8,19,21,23H,3-4,9-18H2,1-2H3/t21-,23-. The van der Waals surface area contributed by atoms with Crippen molar-refractivity contribution in [3.05, 3.63) is 35.4 Å². The van der Waals surface area contributed by atoms with Crippen molar-refractivity contribution >= 4 is 5.91 Å². The van der Waals surface area contributed by atoms with E-state index < -0.39 is 0 Å². The highest BCUT2D eigenvalue weighted by molar-refractivity contribution is 5.78. The number of amides is 1. The molecule has 2 saturated heterocycles. The lowest BCUT2D eigenvalue weighted by molar-refractivity contribution is -0.136. The van der Waals surface area contributed by atoms with Gasteiger partial charge in [0.15, 0.2) is 0 Å². The van der Waals surface area contributed by atoms with Gasteiger partial charge in [-0.25, -0.2) is 0 Å². The second-order valence-electron chi connectivity index (χ2n) is 9.54. The summed E-state index contributed by atoms with van der Waals surface area (Å²) in [5, 5.41) is 0. The van der Waals surface area contributed by atoms with Gasteiger partial charge in [-0.05, 0) is 61.7 Å². The van der Waals surface area contributed by atoms with Crippen LogP contribution in [-0.2, 0) is 11.3 Å². The molecule has 0 aromatic heterocycles. The average molecular weight is 384 g/mol. The Morgan fingerprint density at radius 3 is 2.18 bits per heavy atom. The number of nitrogens with zero attached hydrogens (tertiary/aromatic N) is 3. The topological polar surface area (TPSA) is 26.8 Å². The molecule has 4 nitrogen and oxygen atoms in total. The summed E-state index contributed by atoms with van der Waals surface area (Å²) in [6, 6.07) is 9.46. The molecule has 1 aromatic carbocycles. The summed E-state index contributed by atoms with van der Waals surface area (Å²) >= 11 is 0. The number of carbonyl (C=O) groups excluding carboxylic acids is 1. The second-order valence-corrected chi connectivity index (χ2v) is 9.54. The molecule has 4 heteroatoms. The first kappa shape index (κ1) is 19.9. The molecule has 0 bridgehead atoms. The number of benzene rings is 1. The van der Waals surface area contributed by atoms with Crippen LogP contribution in [0.2, 0.25) is 0 Å². The van der Waals surface area contributed by atoms with Crippen LogP contribution in [0.3, 0.4) is 0 Å². The van der Waals surface area contributed by atoms with Crippen LogP contribution < -0.4 is 0 Å². The molecule has 28 heavy (non-hydrogen) atoms. The van der Waals surface area contributed by atoms with Gasteiger partial charge in [-0.3, -0.25) is 14.6 Å². The lowest BCUT2D eigenvalue weighted by Crippen LogP contribution is -2.51. The lowest BCUT2D eigenvalue weighted by Gasteiger charge is -2.42. The average Bonchev–Trinajstić information content (AvgIpc) is 3.18. The van der Waals surface area contributed by atoms with E-state index in [9.17, 15) is 4.79 Å². The van der Waals surface area contributed by atoms with Crippen molar-refractivity contribution in [1.82, 2.24) is 14.7 Å². The van der Waals surface area contributed by atoms with E-state index >= 15 is 0 Å². The Morgan fingerprint density at radius 2 is 1.57 bits per heavy atom. The van der Waals surface area contributed by atoms with Gasteiger partial charge in [-0.2, -0.15) is 0 Å². The van der Waals surface area contributed by atoms with Crippen LogP contribution in [-0.4, -0.2) is 66.4 Å². The zero-order valence-corrected chi connectivity index (χ0v) is 17.8. The van der Waals surface area contributed by atoms with E-state index in [4.69, 9.17) is 0 Å². The fraction of sp³-hybridized carbons (Fsp3) is 0.708. The van der Waals surface area contributed by atoms with Crippen molar-refractivity contribution in [2.24, 2.45) is 11.8 Å². The van der Waals surface area contributed by atoms with Gasteiger partial charge < -0.3 is 4.90 Å². The molecular formula is C24H37N3O. The minimum Gasteiger partial charge on any atom is -0.340 e. The highest BCUT2D eigenvalue weighted by Crippen LogP contribution is 2.42. The number of hydrogen-bond acceptors (Lipinski definition) is 3. The van der Waals surface area contributed by atoms with Gasteiger partial charge in [0.05, 0.1) is 0 Å². The maximum atomic E-state index is 12.1. The van der Waals surface area contributed by atoms with Crippen molar-refractivity contribution < 1.29 is 4.79 Å². The van der Waals surface area contributed by atoms with Crippen LogP contribution in [0.25, 0.3) is 0 Å². The molecule has 0 spiro atoms. The zero-order valence-electron chi connectivity index (χ0n) is 17.8. The van der Waals surface area contributed by atoms with E-state index in [1.165, 1.54) is 56.4 Å². The normalized spacial score (nSPS) is 26.6. The third-order valence-corrected chi connectivity index (χ3v) is 6.99. The molecule has 2 heterocycles. The molecule has 0 unspecified atom stereocenters. The smallest absolute Gasteiger partial charge is 0.225 e. The van der Waals surface area contributed by atoms with E-state index in [0.29, 0.717) is 5.91 Å². The quantitative estimate of drug-likeness (QED) is 0.751. The van der Waals surface area contributed by atoms with E-state index in [2.05, 4.69) is 39.0 Å². The Balaban J connectivity index is 1.17. The molecule has 1 amide bonds. The highest BCUT2D eigenvalue weighted by atomic mass is 16.2. The summed E-state index contributed by atoms with van der Waals surface area (Å²) in [5.74, 6) is 2.04. The minimum atomic E-state index is 0.126. The van der Waals surface area contributed by atoms with Crippen LogP contribution in [0.4, 0.5) is 0 Å². The fourth-order valence-electron chi connectivity index (χ4n) is 5.13. The number of piperazine rings is 1. The SMILES string of the molecule is CC(C)C(=O)N1CCN(C[C@H]2C[C@H](c3ccc(CN4CCCC4)cc3)C2)CC1. The first-order chi connectivity index (χ1) is 13.6. The molecule has 2 aliphatic heterocycles. The van der Waals surface area contributed by atoms with E-state index in [1.807, 2.05) is 13.8 Å². The summed E-state index contributed by atoms with van der Waals surface area (Å²) in [6.45, 7) is 12.8. The van der Waals surface area contributed by atoms with Crippen LogP contribution in [0.5, 0.6) is 0 Å². The predicted molar refractivity (Wildman–Crippen MR) is 114 cm³/mol. The molecule has 1 aliphatic carbocycles. The Labute approximate surface area is 170 Å². The second kappa shape index (κ2) is 8.96. The fourth-order valence-corrected chi connectivity index (χ4v) is 5.13. The predicted octanol–water partition coefficient (Wildman–Crippen LogP) is 3.58. The molecule has 3 fully saturated rings. The van der Waals surface area contributed by atoms with Crippen molar-refractivity contribution in [2.75, 3.05) is 45.8 Å². The first-order valence-corrected chi connectivity index (χ1v) is 11.4. The van der Waals surface area contributed by atoms with Gasteiger partial charge in [0.25, 0.3) is 0 Å². The highest BCUT2D eigenvalue weighted by Gasteiger charge is 2.32. The molecule has 3 aliphatic rings. The number of carbonyl (C=O) groups is 1. The van der Waals surface area contributed by atoms with Gasteiger partial charge in [0.2, 0.25) is 5.91 Å². The summed E-state index contributed by atoms with van der Waals surface area (Å²) in [5.41, 5.74) is 3.00. The van der Waals surface area contributed by atoms with Crippen LogP contribution in [0.1, 0.15) is 56.6 Å². The van der Waals surface area contributed by atoms with Crippen molar-refractivity contribution in [2.45, 2.75) is 52.0 Å². The molecule has 154 valence electrons. The third kappa shape index (κ3) is 4.77. The Morgan fingerprint density at radius 1 is 0.929 bits per heavy atom. The molecule has 1 aromatic rings. The maximum absolute atomic E-state index is 12.1. The van der Waals surface area contributed by atoms with Crippen molar-refractivity contribution in [1.29, 1.82) is 0 Å². The van der Waals surface area contributed by atoms with Crippen molar-refractivity contribution in [3.63, 3.8) is 0 Å². The van der Waals surface area contributed by atoms with E-state index in [1.54, 1.807) is 0 Å². The summed E-state index contributed by atoms with van der Waals surface area (Å²) in [6.07, 6.45) is 5.39. The van der Waals surface area contributed by atoms with Crippen LogP contribution in [0, 0.1) is 11.8 Å². The zero-order chi connectivity index (χ0) is 19.5. The summed E-state index contributed by atoms with van der Waals surface area (Å²) in [7, 11) is 0. The molecular weight excluding hydrogens is 346 g/mol. The van der Waals surface area contributed by atoms with E-state index in [0.717, 1.165) is 44.6 Å². The third-order valence-electron chi connectivity index (χ3n) is 6.99. The molecule has 4 rings (SSSR count). The van der Waals surface area contributed by atoms with Gasteiger partial charge >= 0.3 is 0 Å². The maximum Gasteiger partial charge on any atom is 0.225 e. The Bertz CT molecular complexity index is 636. The number of hydrogen-bond donors (Lipinski definition) is 0. The van der Waals surface area contributed by atoms with Gasteiger partial charge in [0.1, 0.15) is 0 Å². The monoisotopic (exact) mass is 383 g/mol. The number of rotatable bonds is 6. The van der Waals surface area contributed by atoms with Crippen LogP contribution >= 0.6 is 0 Å². The van der Waals surface area contributed by atoms with Gasteiger partial charge in [-0.15, -0.1) is 0 Å². The summed E-state index contributed by atoms with van der Waals surface area (Å²) < 4.78 is 0. The largest absolute Gasteiger partial charge is 0.340 e. The Kier molecular flexibility index (Phi) is 6.37. The number of likely N-dealkylation sites (tertiary alicyclic amines) is 1. The summed E-state index contributed by atoms with van der Waals surface area (Å²) in [4.78, 5) is 19.3. The van der Waals surface area contributed by atoms with E-state index in [-0.39, 0.29) is 5.92 Å². The molecule has 0 atom stereocenters. The van der Waals surface area contributed by atoms with Gasteiger partial charge in [0, 0.05) is 45.2 Å².